The number of carboxylic acid groups (broad SMARTS) is 1. The third-order valence-corrected chi connectivity index (χ3v) is 3.47. The lowest BCUT2D eigenvalue weighted by atomic mass is 10.0. The maximum Gasteiger partial charge on any atom is 0.330 e. The minimum absolute atomic E-state index is 0.734. The molecule has 0 amide bonds. The maximum atomic E-state index is 11.6. The zero-order chi connectivity index (χ0) is 14.7. The number of anilines is 1. The zero-order valence-corrected chi connectivity index (χ0v) is 11.4. The number of hydrogen-bond acceptors (Lipinski definition) is 2. The lowest BCUT2D eigenvalue weighted by Gasteiger charge is -2.17. The SMILES string of the molecule is O=C(O)[C@H](Nc1cccc2ccccc12)c1ccccc1. The Morgan fingerprint density at radius 1 is 0.857 bits per heavy atom. The lowest BCUT2D eigenvalue weighted by Crippen LogP contribution is -2.20. The Balaban J connectivity index is 2.01. The van der Waals surface area contributed by atoms with Crippen LogP contribution < -0.4 is 5.32 Å². The van der Waals surface area contributed by atoms with Gasteiger partial charge in [-0.25, -0.2) is 4.79 Å². The van der Waals surface area contributed by atoms with Gasteiger partial charge in [-0.15, -0.1) is 0 Å². The molecule has 1 atom stereocenters. The molecule has 3 nitrogen and oxygen atoms in total. The lowest BCUT2D eigenvalue weighted by molar-refractivity contribution is -0.138. The predicted molar refractivity (Wildman–Crippen MR) is 84.4 cm³/mol. The molecular formula is C18H15NO2. The van der Waals surface area contributed by atoms with Crippen molar-refractivity contribution in [2.24, 2.45) is 0 Å². The Labute approximate surface area is 122 Å². The molecule has 0 heterocycles. The van der Waals surface area contributed by atoms with Gasteiger partial charge < -0.3 is 10.4 Å². The van der Waals surface area contributed by atoms with Crippen molar-refractivity contribution in [1.82, 2.24) is 0 Å². The van der Waals surface area contributed by atoms with E-state index in [0.717, 1.165) is 22.0 Å². The molecular weight excluding hydrogens is 262 g/mol. The van der Waals surface area contributed by atoms with E-state index in [1.807, 2.05) is 72.8 Å². The molecule has 0 bridgehead atoms. The van der Waals surface area contributed by atoms with Gasteiger partial charge in [0, 0.05) is 11.1 Å². The Hall–Kier alpha value is -2.81. The van der Waals surface area contributed by atoms with Gasteiger partial charge in [0.15, 0.2) is 6.04 Å². The van der Waals surface area contributed by atoms with Crippen LogP contribution in [0.2, 0.25) is 0 Å². The summed E-state index contributed by atoms with van der Waals surface area (Å²) in [6.07, 6.45) is 0. The van der Waals surface area contributed by atoms with E-state index in [-0.39, 0.29) is 0 Å². The number of rotatable bonds is 4. The average molecular weight is 277 g/mol. The number of nitrogens with one attached hydrogen (secondary N) is 1. The number of fused-ring (bicyclic) bond motifs is 1. The van der Waals surface area contributed by atoms with Crippen molar-refractivity contribution in [3.05, 3.63) is 78.4 Å². The summed E-state index contributed by atoms with van der Waals surface area (Å²) in [6.45, 7) is 0. The third kappa shape index (κ3) is 2.72. The van der Waals surface area contributed by atoms with E-state index in [1.165, 1.54) is 0 Å². The fourth-order valence-corrected chi connectivity index (χ4v) is 2.44. The Morgan fingerprint density at radius 3 is 2.29 bits per heavy atom. The molecule has 3 heteroatoms. The van der Waals surface area contributed by atoms with E-state index in [1.54, 1.807) is 0 Å². The highest BCUT2D eigenvalue weighted by Crippen LogP contribution is 2.27. The standard InChI is InChI=1S/C18H15NO2/c20-18(21)17(14-8-2-1-3-9-14)19-16-12-6-10-13-7-4-5-11-15(13)16/h1-12,17,19H,(H,20,21)/t17-/m1/s1. The molecule has 3 aromatic carbocycles. The number of carbonyl (C=O) groups is 1. The van der Waals surface area contributed by atoms with Crippen molar-refractivity contribution >= 4 is 22.4 Å². The molecule has 0 aromatic heterocycles. The van der Waals surface area contributed by atoms with Crippen LogP contribution in [0.1, 0.15) is 11.6 Å². The van der Waals surface area contributed by atoms with Crippen molar-refractivity contribution in [1.29, 1.82) is 0 Å². The summed E-state index contributed by atoms with van der Waals surface area (Å²) in [4.78, 5) is 11.6. The zero-order valence-electron chi connectivity index (χ0n) is 11.4. The summed E-state index contributed by atoms with van der Waals surface area (Å²) in [5.41, 5.74) is 1.56. The minimum atomic E-state index is -0.894. The second kappa shape index (κ2) is 5.67. The van der Waals surface area contributed by atoms with Crippen LogP contribution in [0.3, 0.4) is 0 Å². The highest BCUT2D eigenvalue weighted by molar-refractivity contribution is 5.95. The van der Waals surface area contributed by atoms with Crippen molar-refractivity contribution in [2.45, 2.75) is 6.04 Å². The molecule has 0 radical (unpaired) electrons. The van der Waals surface area contributed by atoms with Crippen LogP contribution in [0.5, 0.6) is 0 Å². The molecule has 0 aliphatic rings. The van der Waals surface area contributed by atoms with Gasteiger partial charge in [0.05, 0.1) is 0 Å². The van der Waals surface area contributed by atoms with Crippen LogP contribution in [0.25, 0.3) is 10.8 Å². The summed E-state index contributed by atoms with van der Waals surface area (Å²) in [6, 6.07) is 22.2. The number of carboxylic acids is 1. The largest absolute Gasteiger partial charge is 0.479 e. The van der Waals surface area contributed by atoms with Crippen molar-refractivity contribution < 1.29 is 9.90 Å². The maximum absolute atomic E-state index is 11.6. The van der Waals surface area contributed by atoms with Gasteiger partial charge in [-0.3, -0.25) is 0 Å². The quantitative estimate of drug-likeness (QED) is 0.755. The fourth-order valence-electron chi connectivity index (χ4n) is 2.44. The van der Waals surface area contributed by atoms with Gasteiger partial charge in [-0.05, 0) is 17.0 Å². The van der Waals surface area contributed by atoms with Gasteiger partial charge in [-0.2, -0.15) is 0 Å². The molecule has 0 saturated heterocycles. The number of hydrogen-bond donors (Lipinski definition) is 2. The predicted octanol–water partition coefficient (Wildman–Crippen LogP) is 4.08. The summed E-state index contributed by atoms with van der Waals surface area (Å²) in [5.74, 6) is -0.894. The second-order valence-corrected chi connectivity index (χ2v) is 4.85. The van der Waals surface area contributed by atoms with Crippen LogP contribution in [0.4, 0.5) is 5.69 Å². The van der Waals surface area contributed by atoms with Gasteiger partial charge in [0.25, 0.3) is 0 Å². The number of benzene rings is 3. The first-order valence-electron chi connectivity index (χ1n) is 6.78. The molecule has 0 fully saturated rings. The van der Waals surface area contributed by atoms with E-state index in [4.69, 9.17) is 0 Å². The molecule has 2 N–H and O–H groups in total. The van der Waals surface area contributed by atoms with E-state index < -0.39 is 12.0 Å². The van der Waals surface area contributed by atoms with E-state index >= 15 is 0 Å². The van der Waals surface area contributed by atoms with Gasteiger partial charge in [0.2, 0.25) is 0 Å². The monoisotopic (exact) mass is 277 g/mol. The first-order valence-corrected chi connectivity index (χ1v) is 6.78. The molecule has 0 aliphatic heterocycles. The highest BCUT2D eigenvalue weighted by Gasteiger charge is 2.19. The highest BCUT2D eigenvalue weighted by atomic mass is 16.4. The van der Waals surface area contributed by atoms with Crippen LogP contribution in [0.15, 0.2) is 72.8 Å². The molecule has 3 aromatic rings. The summed E-state index contributed by atoms with van der Waals surface area (Å²) in [5, 5.41) is 14.7. The summed E-state index contributed by atoms with van der Waals surface area (Å²) < 4.78 is 0. The minimum Gasteiger partial charge on any atom is -0.479 e. The fraction of sp³-hybridized carbons (Fsp3) is 0.0556. The molecule has 0 saturated carbocycles. The van der Waals surface area contributed by atoms with E-state index in [0.29, 0.717) is 0 Å². The number of aliphatic carboxylic acids is 1. The smallest absolute Gasteiger partial charge is 0.330 e. The first kappa shape index (κ1) is 13.2. The van der Waals surface area contributed by atoms with Gasteiger partial charge in [0.1, 0.15) is 0 Å². The van der Waals surface area contributed by atoms with Gasteiger partial charge in [-0.1, -0.05) is 66.7 Å². The Bertz CT molecular complexity index is 763. The molecule has 104 valence electrons. The van der Waals surface area contributed by atoms with Crippen molar-refractivity contribution in [3.63, 3.8) is 0 Å². The molecule has 0 aliphatic carbocycles. The van der Waals surface area contributed by atoms with Crippen LogP contribution in [0, 0.1) is 0 Å². The molecule has 0 spiro atoms. The summed E-state index contributed by atoms with van der Waals surface area (Å²) >= 11 is 0. The first-order chi connectivity index (χ1) is 10.3. The van der Waals surface area contributed by atoms with E-state index in [2.05, 4.69) is 5.32 Å². The second-order valence-electron chi connectivity index (χ2n) is 4.85. The Morgan fingerprint density at radius 2 is 1.52 bits per heavy atom. The Kier molecular flexibility index (Phi) is 3.56. The average Bonchev–Trinajstić information content (AvgIpc) is 2.53. The topological polar surface area (TPSA) is 49.3 Å². The molecule has 3 rings (SSSR count). The van der Waals surface area contributed by atoms with Crippen molar-refractivity contribution in [2.75, 3.05) is 5.32 Å². The third-order valence-electron chi connectivity index (χ3n) is 3.47. The van der Waals surface area contributed by atoms with Crippen LogP contribution in [-0.2, 0) is 4.79 Å². The van der Waals surface area contributed by atoms with Crippen molar-refractivity contribution in [3.8, 4) is 0 Å². The van der Waals surface area contributed by atoms with E-state index in [9.17, 15) is 9.90 Å². The summed E-state index contributed by atoms with van der Waals surface area (Å²) in [7, 11) is 0. The van der Waals surface area contributed by atoms with Crippen LogP contribution in [-0.4, -0.2) is 11.1 Å². The van der Waals surface area contributed by atoms with Gasteiger partial charge >= 0.3 is 5.97 Å². The molecule has 21 heavy (non-hydrogen) atoms. The molecule has 0 unspecified atom stereocenters. The normalized spacial score (nSPS) is 12.0. The van der Waals surface area contributed by atoms with Crippen LogP contribution >= 0.6 is 0 Å².